The molecular formula is C16H22O8. The van der Waals surface area contributed by atoms with Crippen molar-refractivity contribution in [1.29, 1.82) is 0 Å². The second-order valence-electron chi connectivity index (χ2n) is 6.48. The molecule has 1 aliphatic rings. The van der Waals surface area contributed by atoms with E-state index in [0.717, 1.165) is 0 Å². The van der Waals surface area contributed by atoms with Crippen molar-refractivity contribution >= 4 is 23.9 Å². The molecule has 1 rings (SSSR count). The summed E-state index contributed by atoms with van der Waals surface area (Å²) < 4.78 is 18.9. The normalized spacial score (nSPS) is 15.4. The van der Waals surface area contributed by atoms with Gasteiger partial charge in [-0.3, -0.25) is 4.79 Å². The first kappa shape index (κ1) is 19.7. The quantitative estimate of drug-likeness (QED) is 0.494. The van der Waals surface area contributed by atoms with Gasteiger partial charge in [-0.2, -0.15) is 0 Å². The average molecular weight is 342 g/mol. The summed E-state index contributed by atoms with van der Waals surface area (Å²) in [4.78, 5) is 46.7. The van der Waals surface area contributed by atoms with Crippen LogP contribution in [0.15, 0.2) is 11.1 Å². The van der Waals surface area contributed by atoms with Crippen LogP contribution in [0, 0.1) is 10.8 Å². The van der Waals surface area contributed by atoms with Crippen LogP contribution in [-0.4, -0.2) is 51.3 Å². The highest BCUT2D eigenvalue weighted by molar-refractivity contribution is 6.11. The van der Waals surface area contributed by atoms with Crippen molar-refractivity contribution in [2.75, 3.05) is 27.4 Å². The zero-order valence-electron chi connectivity index (χ0n) is 14.7. The molecule has 134 valence electrons. The summed E-state index contributed by atoms with van der Waals surface area (Å²) in [7, 11) is 2.41. The van der Waals surface area contributed by atoms with E-state index < -0.39 is 41.3 Å². The Labute approximate surface area is 140 Å². The summed E-state index contributed by atoms with van der Waals surface area (Å²) >= 11 is 0. The molecule has 0 aromatic carbocycles. The molecule has 0 aromatic rings. The summed E-state index contributed by atoms with van der Waals surface area (Å²) in [5.41, 5.74) is -1.50. The molecule has 0 fully saturated rings. The molecular weight excluding hydrogens is 320 g/mol. The number of hydrogen-bond acceptors (Lipinski definition) is 8. The highest BCUT2D eigenvalue weighted by atomic mass is 16.6. The summed E-state index contributed by atoms with van der Waals surface area (Å²) in [6, 6.07) is 0. The fourth-order valence-corrected chi connectivity index (χ4v) is 2.09. The van der Waals surface area contributed by atoms with Crippen molar-refractivity contribution in [2.24, 2.45) is 10.8 Å². The van der Waals surface area contributed by atoms with E-state index in [1.54, 1.807) is 27.7 Å². The standard InChI is InChI=1S/C16H22O8/c1-15(2,14(20)22-6)8-24-13(19)11-10(16(11,3)4)12(18)23-7-9(17)21-5/h7-8H2,1-6H3. The molecule has 0 heterocycles. The molecule has 0 unspecified atom stereocenters. The van der Waals surface area contributed by atoms with Crippen LogP contribution in [0.2, 0.25) is 0 Å². The van der Waals surface area contributed by atoms with Crippen LogP contribution in [0.25, 0.3) is 0 Å². The molecule has 8 heteroatoms. The zero-order chi connectivity index (χ0) is 18.7. The van der Waals surface area contributed by atoms with E-state index in [-0.39, 0.29) is 17.8 Å². The minimum Gasteiger partial charge on any atom is -0.469 e. The van der Waals surface area contributed by atoms with E-state index >= 15 is 0 Å². The predicted octanol–water partition coefficient (Wildman–Crippen LogP) is 0.781. The third-order valence-corrected chi connectivity index (χ3v) is 3.70. The van der Waals surface area contributed by atoms with Gasteiger partial charge >= 0.3 is 23.9 Å². The number of methoxy groups -OCH3 is 2. The van der Waals surface area contributed by atoms with Crippen LogP contribution in [0.3, 0.4) is 0 Å². The monoisotopic (exact) mass is 342 g/mol. The Hall–Kier alpha value is -2.38. The molecule has 0 aromatic heterocycles. The Morgan fingerprint density at radius 1 is 0.917 bits per heavy atom. The van der Waals surface area contributed by atoms with Gasteiger partial charge in [0.25, 0.3) is 0 Å². The first-order chi connectivity index (χ1) is 11.0. The SMILES string of the molecule is COC(=O)COC(=O)C1=C(C(=O)OCC(C)(C)C(=O)OC)C1(C)C. The van der Waals surface area contributed by atoms with E-state index in [0.29, 0.717) is 0 Å². The van der Waals surface area contributed by atoms with Crippen LogP contribution < -0.4 is 0 Å². The summed E-state index contributed by atoms with van der Waals surface area (Å²) in [5, 5.41) is 0. The number of ether oxygens (including phenoxy) is 4. The average Bonchev–Trinajstić information content (AvgIpc) is 3.11. The lowest BCUT2D eigenvalue weighted by atomic mass is 9.95. The molecule has 0 saturated heterocycles. The van der Waals surface area contributed by atoms with Crippen LogP contribution in [0.4, 0.5) is 0 Å². The van der Waals surface area contributed by atoms with Crippen molar-refractivity contribution in [3.63, 3.8) is 0 Å². The Bertz CT molecular complexity index is 597. The van der Waals surface area contributed by atoms with Gasteiger partial charge in [-0.25, -0.2) is 14.4 Å². The second-order valence-corrected chi connectivity index (χ2v) is 6.48. The first-order valence-electron chi connectivity index (χ1n) is 7.23. The molecule has 0 radical (unpaired) electrons. The number of hydrogen-bond donors (Lipinski definition) is 0. The molecule has 0 atom stereocenters. The van der Waals surface area contributed by atoms with Gasteiger partial charge in [0.1, 0.15) is 6.61 Å². The highest BCUT2D eigenvalue weighted by Gasteiger charge is 2.55. The van der Waals surface area contributed by atoms with Crippen molar-refractivity contribution in [3.05, 3.63) is 11.1 Å². The van der Waals surface area contributed by atoms with Gasteiger partial charge in [0, 0.05) is 5.41 Å². The maximum atomic E-state index is 12.2. The molecule has 0 aliphatic heterocycles. The van der Waals surface area contributed by atoms with E-state index in [1.165, 1.54) is 14.2 Å². The van der Waals surface area contributed by atoms with Crippen LogP contribution >= 0.6 is 0 Å². The lowest BCUT2D eigenvalue weighted by molar-refractivity contribution is -0.157. The zero-order valence-corrected chi connectivity index (χ0v) is 14.7. The second kappa shape index (κ2) is 7.02. The summed E-state index contributed by atoms with van der Waals surface area (Å²) in [6.45, 7) is 5.73. The Morgan fingerprint density at radius 3 is 1.88 bits per heavy atom. The Balaban J connectivity index is 2.72. The summed E-state index contributed by atoms with van der Waals surface area (Å²) in [5.74, 6) is -2.70. The first-order valence-corrected chi connectivity index (χ1v) is 7.23. The van der Waals surface area contributed by atoms with Gasteiger partial charge in [0.2, 0.25) is 0 Å². The van der Waals surface area contributed by atoms with Gasteiger partial charge in [0.15, 0.2) is 6.61 Å². The summed E-state index contributed by atoms with van der Waals surface area (Å²) in [6.07, 6.45) is 0. The molecule has 8 nitrogen and oxygen atoms in total. The van der Waals surface area contributed by atoms with Crippen molar-refractivity contribution in [1.82, 2.24) is 0 Å². The van der Waals surface area contributed by atoms with Crippen LogP contribution in [-0.2, 0) is 38.1 Å². The van der Waals surface area contributed by atoms with E-state index in [4.69, 9.17) is 9.47 Å². The molecule has 0 N–H and O–H groups in total. The molecule has 24 heavy (non-hydrogen) atoms. The highest BCUT2D eigenvalue weighted by Crippen LogP contribution is 2.53. The van der Waals surface area contributed by atoms with Gasteiger partial charge in [-0.15, -0.1) is 0 Å². The van der Waals surface area contributed by atoms with Crippen LogP contribution in [0.5, 0.6) is 0 Å². The predicted molar refractivity (Wildman–Crippen MR) is 80.5 cm³/mol. The van der Waals surface area contributed by atoms with Gasteiger partial charge in [0.05, 0.1) is 30.8 Å². The number of carbonyl (C=O) groups is 4. The van der Waals surface area contributed by atoms with Crippen LogP contribution in [0.1, 0.15) is 27.7 Å². The third kappa shape index (κ3) is 4.12. The molecule has 0 spiro atoms. The molecule has 0 saturated carbocycles. The number of carbonyl (C=O) groups excluding carboxylic acids is 4. The van der Waals surface area contributed by atoms with Gasteiger partial charge in [-0.1, -0.05) is 13.8 Å². The third-order valence-electron chi connectivity index (χ3n) is 3.70. The Kier molecular flexibility index (Phi) is 5.75. The molecule has 0 amide bonds. The van der Waals surface area contributed by atoms with Gasteiger partial charge in [-0.05, 0) is 13.8 Å². The van der Waals surface area contributed by atoms with E-state index in [9.17, 15) is 19.2 Å². The minimum atomic E-state index is -1.00. The van der Waals surface area contributed by atoms with Crippen molar-refractivity contribution < 1.29 is 38.1 Å². The van der Waals surface area contributed by atoms with Crippen molar-refractivity contribution in [2.45, 2.75) is 27.7 Å². The van der Waals surface area contributed by atoms with Gasteiger partial charge < -0.3 is 18.9 Å². The molecule has 0 bridgehead atoms. The van der Waals surface area contributed by atoms with E-state index in [2.05, 4.69) is 9.47 Å². The minimum absolute atomic E-state index is 0.146. The topological polar surface area (TPSA) is 105 Å². The lowest BCUT2D eigenvalue weighted by Crippen LogP contribution is -2.32. The smallest absolute Gasteiger partial charge is 0.344 e. The fourth-order valence-electron chi connectivity index (χ4n) is 2.09. The number of esters is 4. The largest absolute Gasteiger partial charge is 0.469 e. The van der Waals surface area contributed by atoms with E-state index in [1.807, 2.05) is 0 Å². The molecule has 1 aliphatic carbocycles. The number of rotatable bonds is 7. The maximum Gasteiger partial charge on any atom is 0.344 e. The lowest BCUT2D eigenvalue weighted by Gasteiger charge is -2.20. The van der Waals surface area contributed by atoms with Crippen molar-refractivity contribution in [3.8, 4) is 0 Å². The fraction of sp³-hybridized carbons (Fsp3) is 0.625. The Morgan fingerprint density at radius 2 is 1.42 bits per heavy atom. The maximum absolute atomic E-state index is 12.2.